The molecule has 3 aliphatic rings. The number of nitrogens with one attached hydrogen (secondary N) is 2. The highest BCUT2D eigenvalue weighted by Gasteiger charge is 2.28. The molecule has 4 heterocycles. The topological polar surface area (TPSA) is 119 Å². The van der Waals surface area contributed by atoms with Crippen LogP contribution in [0.5, 0.6) is 0 Å². The Morgan fingerprint density at radius 1 is 1.17 bits per heavy atom. The lowest BCUT2D eigenvalue weighted by Gasteiger charge is -2.33. The predicted octanol–water partition coefficient (Wildman–Crippen LogP) is 2.85. The number of halogens is 1. The summed E-state index contributed by atoms with van der Waals surface area (Å²) >= 11 is 0. The first-order chi connectivity index (χ1) is 17.6. The Morgan fingerprint density at radius 3 is 2.72 bits per heavy atom. The monoisotopic (exact) mass is 492 g/mol. The first-order valence-corrected chi connectivity index (χ1v) is 12.3. The van der Waals surface area contributed by atoms with Gasteiger partial charge in [0.05, 0.1) is 31.3 Å². The van der Waals surface area contributed by atoms with E-state index in [4.69, 9.17) is 4.74 Å². The Hall–Kier alpha value is -3.78. The fourth-order valence-electron chi connectivity index (χ4n) is 4.40. The van der Waals surface area contributed by atoms with Gasteiger partial charge in [0.1, 0.15) is 17.5 Å². The molecule has 1 atom stereocenters. The molecule has 2 N–H and O–H groups in total. The lowest BCUT2D eigenvalue weighted by molar-refractivity contribution is -0.127. The number of likely N-dealkylation sites (tertiary alicyclic amines) is 1. The van der Waals surface area contributed by atoms with E-state index in [2.05, 4.69) is 30.5 Å². The summed E-state index contributed by atoms with van der Waals surface area (Å²) in [5.74, 6) is 0.690. The summed E-state index contributed by atoms with van der Waals surface area (Å²) in [5, 5.41) is 15.6. The summed E-state index contributed by atoms with van der Waals surface area (Å²) < 4.78 is 19.9. The van der Waals surface area contributed by atoms with Crippen LogP contribution in [0.2, 0.25) is 0 Å². The minimum atomic E-state index is -0.573. The van der Waals surface area contributed by atoms with Crippen LogP contribution in [0, 0.1) is 23.1 Å². The van der Waals surface area contributed by atoms with Crippen molar-refractivity contribution >= 4 is 29.2 Å². The zero-order chi connectivity index (χ0) is 24.9. The molecule has 188 valence electrons. The average molecular weight is 493 g/mol. The number of allylic oxidation sites excluding steroid dienone is 1. The molecule has 3 fully saturated rings. The molecule has 1 unspecified atom stereocenters. The molecule has 0 bridgehead atoms. The molecular formula is C25H29FN8O2. The fourth-order valence-corrected chi connectivity index (χ4v) is 4.40. The number of nitrogens with zero attached hydrogens (tertiary/aromatic N) is 6. The third-order valence-electron chi connectivity index (χ3n) is 6.51. The third kappa shape index (κ3) is 5.88. The lowest BCUT2D eigenvalue weighted by atomic mass is 10.0. The van der Waals surface area contributed by atoms with Crippen molar-refractivity contribution < 1.29 is 13.9 Å². The SMILES string of the molecule is N#C/C(=C\C1CC1)C(=O)N1CCCC(Nc2nc(Nc3ccc(N4CCOCC4)nc3)ncc2F)C1. The largest absolute Gasteiger partial charge is 0.378 e. The van der Waals surface area contributed by atoms with Crippen LogP contribution in [-0.4, -0.2) is 71.2 Å². The minimum Gasteiger partial charge on any atom is -0.378 e. The predicted molar refractivity (Wildman–Crippen MR) is 132 cm³/mol. The molecule has 36 heavy (non-hydrogen) atoms. The van der Waals surface area contributed by atoms with Gasteiger partial charge in [0.15, 0.2) is 11.6 Å². The Balaban J connectivity index is 1.21. The molecule has 2 saturated heterocycles. The van der Waals surface area contributed by atoms with Crippen molar-refractivity contribution in [2.24, 2.45) is 5.92 Å². The number of anilines is 4. The van der Waals surface area contributed by atoms with Crippen LogP contribution in [0.4, 0.5) is 27.7 Å². The number of hydrogen-bond acceptors (Lipinski definition) is 9. The van der Waals surface area contributed by atoms with E-state index >= 15 is 0 Å². The molecule has 1 amide bonds. The third-order valence-corrected chi connectivity index (χ3v) is 6.51. The maximum atomic E-state index is 14.5. The molecule has 0 radical (unpaired) electrons. The number of pyridine rings is 1. The average Bonchev–Trinajstić information content (AvgIpc) is 3.74. The summed E-state index contributed by atoms with van der Waals surface area (Å²) in [6, 6.07) is 5.65. The van der Waals surface area contributed by atoms with Gasteiger partial charge in [-0.15, -0.1) is 0 Å². The van der Waals surface area contributed by atoms with Crippen LogP contribution >= 0.6 is 0 Å². The Labute approximate surface area is 209 Å². The molecule has 0 aromatic carbocycles. The number of amides is 1. The van der Waals surface area contributed by atoms with Gasteiger partial charge >= 0.3 is 0 Å². The summed E-state index contributed by atoms with van der Waals surface area (Å²) in [6.07, 6.45) is 8.16. The molecule has 2 aromatic heterocycles. The first-order valence-electron chi connectivity index (χ1n) is 12.3. The Morgan fingerprint density at radius 2 is 2.00 bits per heavy atom. The van der Waals surface area contributed by atoms with Gasteiger partial charge in [-0.1, -0.05) is 6.08 Å². The van der Waals surface area contributed by atoms with Gasteiger partial charge in [-0.05, 0) is 43.7 Å². The van der Waals surface area contributed by atoms with Crippen molar-refractivity contribution in [1.29, 1.82) is 5.26 Å². The molecule has 1 aliphatic carbocycles. The molecule has 5 rings (SSSR count). The number of carbonyl (C=O) groups excluding carboxylic acids is 1. The number of piperidine rings is 1. The second-order valence-corrected chi connectivity index (χ2v) is 9.28. The van der Waals surface area contributed by atoms with Gasteiger partial charge in [0.2, 0.25) is 5.95 Å². The summed E-state index contributed by atoms with van der Waals surface area (Å²) in [5.41, 5.74) is 0.886. The van der Waals surface area contributed by atoms with Gasteiger partial charge in [-0.2, -0.15) is 10.2 Å². The van der Waals surface area contributed by atoms with E-state index in [1.165, 1.54) is 0 Å². The smallest absolute Gasteiger partial charge is 0.264 e. The number of carbonyl (C=O) groups is 1. The molecule has 10 nitrogen and oxygen atoms in total. The lowest BCUT2D eigenvalue weighted by Crippen LogP contribution is -2.45. The van der Waals surface area contributed by atoms with Gasteiger partial charge in [0.25, 0.3) is 5.91 Å². The van der Waals surface area contributed by atoms with Gasteiger partial charge in [-0.3, -0.25) is 4.79 Å². The van der Waals surface area contributed by atoms with Gasteiger partial charge < -0.3 is 25.2 Å². The van der Waals surface area contributed by atoms with Crippen molar-refractivity contribution in [3.63, 3.8) is 0 Å². The van der Waals surface area contributed by atoms with Crippen molar-refractivity contribution in [1.82, 2.24) is 19.9 Å². The number of nitriles is 1. The standard InChI is InChI=1S/C25H29FN8O2/c26-21-15-29-25(31-19-5-6-22(28-14-19)33-8-10-36-11-9-33)32-23(21)30-20-2-1-7-34(16-20)24(35)18(13-27)12-17-3-4-17/h5-6,12,14-15,17,20H,1-4,7-11,16H2,(H2,29,30,31,32)/b18-12+. The van der Waals surface area contributed by atoms with Crippen LogP contribution in [0.25, 0.3) is 0 Å². The van der Waals surface area contributed by atoms with E-state index < -0.39 is 5.82 Å². The molecule has 2 aliphatic heterocycles. The van der Waals surface area contributed by atoms with Crippen molar-refractivity contribution in [3.05, 3.63) is 42.0 Å². The zero-order valence-electron chi connectivity index (χ0n) is 20.0. The van der Waals surface area contributed by atoms with Crippen LogP contribution in [0.15, 0.2) is 36.2 Å². The van der Waals surface area contributed by atoms with Crippen LogP contribution in [0.3, 0.4) is 0 Å². The quantitative estimate of drug-likeness (QED) is 0.444. The molecule has 2 aromatic rings. The molecular weight excluding hydrogens is 463 g/mol. The number of ether oxygens (including phenoxy) is 1. The van der Waals surface area contributed by atoms with Crippen molar-refractivity contribution in [3.8, 4) is 6.07 Å². The van der Waals surface area contributed by atoms with E-state index in [1.807, 2.05) is 18.2 Å². The summed E-state index contributed by atoms with van der Waals surface area (Å²) in [6.45, 7) is 3.92. The van der Waals surface area contributed by atoms with E-state index in [-0.39, 0.29) is 29.3 Å². The normalized spacial score (nSPS) is 20.6. The summed E-state index contributed by atoms with van der Waals surface area (Å²) in [7, 11) is 0. The van der Waals surface area contributed by atoms with Crippen LogP contribution < -0.4 is 15.5 Å². The second kappa shape index (κ2) is 10.9. The van der Waals surface area contributed by atoms with Crippen molar-refractivity contribution in [2.75, 3.05) is 54.9 Å². The van der Waals surface area contributed by atoms with Crippen LogP contribution in [-0.2, 0) is 9.53 Å². The molecule has 0 spiro atoms. The van der Waals surface area contributed by atoms with E-state index in [0.29, 0.717) is 37.9 Å². The number of aromatic nitrogens is 3. The maximum Gasteiger partial charge on any atom is 0.264 e. The van der Waals surface area contributed by atoms with Crippen molar-refractivity contribution in [2.45, 2.75) is 31.7 Å². The van der Waals surface area contributed by atoms with Crippen LogP contribution in [0.1, 0.15) is 25.7 Å². The minimum absolute atomic E-state index is 0.0683. The van der Waals surface area contributed by atoms with E-state index in [0.717, 1.165) is 50.8 Å². The second-order valence-electron chi connectivity index (χ2n) is 9.28. The highest BCUT2D eigenvalue weighted by atomic mass is 19.1. The number of hydrogen-bond donors (Lipinski definition) is 2. The molecule has 1 saturated carbocycles. The number of rotatable bonds is 7. The van der Waals surface area contributed by atoms with E-state index in [9.17, 15) is 14.4 Å². The number of morpholine rings is 1. The van der Waals surface area contributed by atoms with Gasteiger partial charge in [-0.25, -0.2) is 14.4 Å². The Bertz CT molecular complexity index is 1160. The highest BCUT2D eigenvalue weighted by molar-refractivity contribution is 5.97. The Kier molecular flexibility index (Phi) is 7.23. The first kappa shape index (κ1) is 23.9. The highest BCUT2D eigenvalue weighted by Crippen LogP contribution is 2.32. The zero-order valence-corrected chi connectivity index (χ0v) is 20.0. The van der Waals surface area contributed by atoms with Gasteiger partial charge in [0, 0.05) is 32.2 Å². The van der Waals surface area contributed by atoms with E-state index in [1.54, 1.807) is 17.2 Å². The fraction of sp³-hybridized carbons (Fsp3) is 0.480. The molecule has 11 heteroatoms. The maximum absolute atomic E-state index is 14.5. The summed E-state index contributed by atoms with van der Waals surface area (Å²) in [4.78, 5) is 29.5.